The van der Waals surface area contributed by atoms with Gasteiger partial charge in [0.25, 0.3) is 5.91 Å². The van der Waals surface area contributed by atoms with Crippen molar-refractivity contribution in [3.05, 3.63) is 89.2 Å². The molecule has 7 nitrogen and oxygen atoms in total. The predicted octanol–water partition coefficient (Wildman–Crippen LogP) is 5.35. The molecule has 206 valence electrons. The molecule has 1 saturated heterocycles. The standard InChI is InChI=1S/C28H32N6O.C4H10/c29-26-12-9-21(28(35)32-19-22-4-1-2-13-31-22)18-25(26)27(30)20-7-10-24(11-8-20)34-16-14-33(15-17-34)23-5-3-6-23;1-4(2)3/h1-2,4,7-13,18,23,30H,3,5-6,14-17,19,29H2,(H,32,35);4H,1-3H3. The first-order chi connectivity index (χ1) is 18.8. The molecule has 2 heterocycles. The average molecular weight is 527 g/mol. The number of nitrogen functional groups attached to an aromatic ring is 1. The van der Waals surface area contributed by atoms with Gasteiger partial charge < -0.3 is 16.0 Å². The second-order valence-electron chi connectivity index (χ2n) is 11.1. The number of benzene rings is 2. The first-order valence-corrected chi connectivity index (χ1v) is 14.1. The van der Waals surface area contributed by atoms with Gasteiger partial charge in [-0.05, 0) is 61.2 Å². The largest absolute Gasteiger partial charge is 0.398 e. The fourth-order valence-corrected chi connectivity index (χ4v) is 4.78. The molecule has 1 saturated carbocycles. The summed E-state index contributed by atoms with van der Waals surface area (Å²) in [6.07, 6.45) is 5.78. The lowest BCUT2D eigenvalue weighted by Gasteiger charge is -2.43. The zero-order chi connectivity index (χ0) is 27.8. The van der Waals surface area contributed by atoms with E-state index in [1.807, 2.05) is 30.3 Å². The highest BCUT2D eigenvalue weighted by Crippen LogP contribution is 2.27. The fraction of sp³-hybridized carbons (Fsp3) is 0.406. The summed E-state index contributed by atoms with van der Waals surface area (Å²) in [6, 6.07) is 19.6. The number of hydrogen-bond donors (Lipinski definition) is 3. The third-order valence-corrected chi connectivity index (χ3v) is 7.17. The third kappa shape index (κ3) is 7.67. The fourth-order valence-electron chi connectivity index (χ4n) is 4.78. The maximum absolute atomic E-state index is 12.7. The molecule has 0 atom stereocenters. The van der Waals surface area contributed by atoms with Crippen molar-refractivity contribution in [1.82, 2.24) is 15.2 Å². The molecule has 1 amide bonds. The summed E-state index contributed by atoms with van der Waals surface area (Å²) < 4.78 is 0. The van der Waals surface area contributed by atoms with Crippen molar-refractivity contribution in [2.45, 2.75) is 52.6 Å². The molecule has 4 N–H and O–H groups in total. The molecule has 2 aliphatic rings. The summed E-state index contributed by atoms with van der Waals surface area (Å²) in [7, 11) is 0. The van der Waals surface area contributed by atoms with Gasteiger partial charge in [0.15, 0.2) is 0 Å². The normalized spacial score (nSPS) is 15.7. The smallest absolute Gasteiger partial charge is 0.251 e. The Morgan fingerprint density at radius 2 is 1.67 bits per heavy atom. The van der Waals surface area contributed by atoms with E-state index in [0.717, 1.165) is 49.4 Å². The van der Waals surface area contributed by atoms with Gasteiger partial charge in [-0.15, -0.1) is 0 Å². The topological polar surface area (TPSA) is 98.3 Å². The summed E-state index contributed by atoms with van der Waals surface area (Å²) in [4.78, 5) is 22.0. The van der Waals surface area contributed by atoms with Gasteiger partial charge in [-0.2, -0.15) is 0 Å². The molecule has 5 rings (SSSR count). The van der Waals surface area contributed by atoms with Crippen molar-refractivity contribution in [2.24, 2.45) is 5.92 Å². The molecule has 1 aromatic heterocycles. The highest BCUT2D eigenvalue weighted by Gasteiger charge is 2.28. The molecule has 1 aliphatic carbocycles. The van der Waals surface area contributed by atoms with Crippen LogP contribution < -0.4 is 16.0 Å². The van der Waals surface area contributed by atoms with Crippen molar-refractivity contribution in [3.63, 3.8) is 0 Å². The van der Waals surface area contributed by atoms with E-state index in [2.05, 4.69) is 53.0 Å². The summed E-state index contributed by atoms with van der Waals surface area (Å²) in [5, 5.41) is 11.6. The Bertz CT molecular complexity index is 1230. The first-order valence-electron chi connectivity index (χ1n) is 14.1. The maximum atomic E-state index is 12.7. The minimum atomic E-state index is -0.221. The molecule has 1 aliphatic heterocycles. The van der Waals surface area contributed by atoms with Gasteiger partial charge in [0.2, 0.25) is 0 Å². The van der Waals surface area contributed by atoms with Gasteiger partial charge in [-0.1, -0.05) is 45.4 Å². The Kier molecular flexibility index (Phi) is 9.71. The number of rotatable bonds is 7. The van der Waals surface area contributed by atoms with Crippen LogP contribution in [-0.2, 0) is 6.54 Å². The lowest BCUT2D eigenvalue weighted by molar-refractivity contribution is 0.0950. The highest BCUT2D eigenvalue weighted by atomic mass is 16.1. The number of aromatic nitrogens is 1. The van der Waals surface area contributed by atoms with Gasteiger partial charge in [0, 0.05) is 66.5 Å². The van der Waals surface area contributed by atoms with Crippen LogP contribution in [0.3, 0.4) is 0 Å². The third-order valence-electron chi connectivity index (χ3n) is 7.17. The molecule has 0 bridgehead atoms. The number of nitrogens with two attached hydrogens (primary N) is 1. The second-order valence-corrected chi connectivity index (χ2v) is 11.1. The Balaban J connectivity index is 0.000000826. The molecular formula is C32H42N6O. The number of piperazine rings is 1. The molecule has 2 aromatic carbocycles. The second kappa shape index (κ2) is 13.4. The monoisotopic (exact) mass is 526 g/mol. The van der Waals surface area contributed by atoms with Crippen LogP contribution in [0.25, 0.3) is 0 Å². The lowest BCUT2D eigenvalue weighted by atomic mass is 9.91. The van der Waals surface area contributed by atoms with Crippen molar-refractivity contribution < 1.29 is 4.79 Å². The lowest BCUT2D eigenvalue weighted by Crippen LogP contribution is -2.52. The van der Waals surface area contributed by atoms with Gasteiger partial charge in [0.05, 0.1) is 18.0 Å². The zero-order valence-electron chi connectivity index (χ0n) is 23.5. The van der Waals surface area contributed by atoms with Gasteiger partial charge in [-0.3, -0.25) is 20.1 Å². The van der Waals surface area contributed by atoms with Crippen molar-refractivity contribution >= 4 is 23.0 Å². The SMILES string of the molecule is CC(C)C.N=C(c1ccc(N2CCN(C3CCC3)CC2)cc1)c1cc(C(=O)NCc2ccccn2)ccc1N. The number of carbonyl (C=O) groups is 1. The van der Waals surface area contributed by atoms with E-state index in [9.17, 15) is 4.79 Å². The van der Waals surface area contributed by atoms with Crippen molar-refractivity contribution in [2.75, 3.05) is 36.8 Å². The number of hydrogen-bond acceptors (Lipinski definition) is 6. The minimum absolute atomic E-state index is 0.221. The van der Waals surface area contributed by atoms with E-state index in [1.165, 1.54) is 24.9 Å². The summed E-state index contributed by atoms with van der Waals surface area (Å²) in [5.74, 6) is 0.612. The summed E-state index contributed by atoms with van der Waals surface area (Å²) in [5.41, 5.74) is 10.8. The molecule has 3 aromatic rings. The quantitative estimate of drug-likeness (QED) is 0.285. The molecule has 7 heteroatoms. The van der Waals surface area contributed by atoms with Crippen LogP contribution in [0.1, 0.15) is 67.2 Å². The van der Waals surface area contributed by atoms with E-state index < -0.39 is 0 Å². The molecule has 0 radical (unpaired) electrons. The van der Waals surface area contributed by atoms with Gasteiger partial charge in [-0.25, -0.2) is 0 Å². The first kappa shape index (κ1) is 28.3. The van der Waals surface area contributed by atoms with Crippen LogP contribution in [0.5, 0.6) is 0 Å². The molecular weight excluding hydrogens is 484 g/mol. The van der Waals surface area contributed by atoms with Crippen molar-refractivity contribution in [3.8, 4) is 0 Å². The molecule has 2 fully saturated rings. The highest BCUT2D eigenvalue weighted by molar-refractivity contribution is 6.15. The molecule has 39 heavy (non-hydrogen) atoms. The molecule has 0 unspecified atom stereocenters. The van der Waals surface area contributed by atoms with Crippen LogP contribution in [0.2, 0.25) is 0 Å². The average Bonchev–Trinajstić information content (AvgIpc) is 2.91. The number of carbonyl (C=O) groups excluding carboxylic acids is 1. The Morgan fingerprint density at radius 1 is 1.00 bits per heavy atom. The zero-order valence-corrected chi connectivity index (χ0v) is 23.5. The number of anilines is 2. The van der Waals surface area contributed by atoms with E-state index in [1.54, 1.807) is 24.4 Å². The Labute approximate surface area is 232 Å². The van der Waals surface area contributed by atoms with Crippen LogP contribution in [0.4, 0.5) is 11.4 Å². The van der Waals surface area contributed by atoms with Gasteiger partial charge >= 0.3 is 0 Å². The predicted molar refractivity (Wildman–Crippen MR) is 161 cm³/mol. The summed E-state index contributed by atoms with van der Waals surface area (Å²) >= 11 is 0. The number of pyridine rings is 1. The number of nitrogens with one attached hydrogen (secondary N) is 2. The Morgan fingerprint density at radius 3 is 2.26 bits per heavy atom. The summed E-state index contributed by atoms with van der Waals surface area (Å²) in [6.45, 7) is 11.2. The van der Waals surface area contributed by atoms with Gasteiger partial charge in [0.1, 0.15) is 0 Å². The van der Waals surface area contributed by atoms with Crippen LogP contribution >= 0.6 is 0 Å². The van der Waals surface area contributed by atoms with Crippen LogP contribution in [0, 0.1) is 11.3 Å². The van der Waals surface area contributed by atoms with Crippen molar-refractivity contribution in [1.29, 1.82) is 5.41 Å². The van der Waals surface area contributed by atoms with Crippen LogP contribution in [0.15, 0.2) is 66.9 Å². The number of nitrogens with zero attached hydrogens (tertiary/aromatic N) is 3. The number of amides is 1. The van der Waals surface area contributed by atoms with E-state index >= 15 is 0 Å². The van der Waals surface area contributed by atoms with E-state index in [-0.39, 0.29) is 5.91 Å². The minimum Gasteiger partial charge on any atom is -0.398 e. The van der Waals surface area contributed by atoms with E-state index in [0.29, 0.717) is 29.1 Å². The molecule has 0 spiro atoms. The Hall–Kier alpha value is -3.71. The van der Waals surface area contributed by atoms with E-state index in [4.69, 9.17) is 11.1 Å². The maximum Gasteiger partial charge on any atom is 0.251 e. The van der Waals surface area contributed by atoms with Crippen LogP contribution in [-0.4, -0.2) is 53.7 Å².